The van der Waals surface area contributed by atoms with E-state index in [-0.39, 0.29) is 5.38 Å². The maximum absolute atomic E-state index is 6.19. The van der Waals surface area contributed by atoms with Crippen LogP contribution in [-0.4, -0.2) is 23.0 Å². The summed E-state index contributed by atoms with van der Waals surface area (Å²) in [5.41, 5.74) is 3.46. The Bertz CT molecular complexity index is 367. The number of halogens is 1. The number of ether oxygens (including phenoxy) is 1. The Morgan fingerprint density at radius 2 is 2.00 bits per heavy atom. The Morgan fingerprint density at radius 3 is 2.50 bits per heavy atom. The molecule has 1 aromatic heterocycles. The molecule has 0 aliphatic carbocycles. The summed E-state index contributed by atoms with van der Waals surface area (Å²) in [5, 5.41) is 4.67. The van der Waals surface area contributed by atoms with Crippen LogP contribution in [0.25, 0.3) is 0 Å². The van der Waals surface area contributed by atoms with Crippen LogP contribution in [0.5, 0.6) is 0 Å². The molecule has 90 valence electrons. The minimum atomic E-state index is 0.0357. The van der Waals surface area contributed by atoms with Gasteiger partial charge >= 0.3 is 0 Å². The normalized spacial score (nSPS) is 20.0. The Balaban J connectivity index is 2.30. The van der Waals surface area contributed by atoms with Crippen molar-refractivity contribution < 1.29 is 4.74 Å². The van der Waals surface area contributed by atoms with Gasteiger partial charge in [0.15, 0.2) is 0 Å². The summed E-state index contributed by atoms with van der Waals surface area (Å²) < 4.78 is 7.52. The average Bonchev–Trinajstić information content (AvgIpc) is 2.55. The number of hydrogen-bond donors (Lipinski definition) is 0. The fourth-order valence-corrected chi connectivity index (χ4v) is 2.85. The fraction of sp³-hybridized carbons (Fsp3) is 0.750. The lowest BCUT2D eigenvalue weighted by molar-refractivity contribution is 0.0656. The van der Waals surface area contributed by atoms with Crippen molar-refractivity contribution in [2.75, 3.05) is 13.2 Å². The van der Waals surface area contributed by atoms with E-state index in [0.29, 0.717) is 6.04 Å². The molecule has 4 heteroatoms. The minimum absolute atomic E-state index is 0.0357. The molecule has 0 radical (unpaired) electrons. The van der Waals surface area contributed by atoms with Crippen LogP contribution in [0.3, 0.4) is 0 Å². The van der Waals surface area contributed by atoms with Crippen molar-refractivity contribution in [3.63, 3.8) is 0 Å². The summed E-state index contributed by atoms with van der Waals surface area (Å²) in [6.07, 6.45) is 2.11. The van der Waals surface area contributed by atoms with E-state index < -0.39 is 0 Å². The highest BCUT2D eigenvalue weighted by Crippen LogP contribution is 2.30. The van der Waals surface area contributed by atoms with Gasteiger partial charge in [-0.15, -0.1) is 11.6 Å². The van der Waals surface area contributed by atoms with Gasteiger partial charge in [-0.3, -0.25) is 4.68 Å². The molecule has 0 saturated carbocycles. The average molecular weight is 243 g/mol. The Hall–Kier alpha value is -0.540. The standard InChI is InChI=1S/C12H19ClN2O/c1-8(13)12-9(2)14-15(10(12)3)11-4-6-16-7-5-11/h8,11H,4-7H2,1-3H3. The van der Waals surface area contributed by atoms with Crippen LogP contribution in [0.15, 0.2) is 0 Å². The third-order valence-corrected chi connectivity index (χ3v) is 3.53. The lowest BCUT2D eigenvalue weighted by atomic mass is 10.1. The smallest absolute Gasteiger partial charge is 0.0643 e. The summed E-state index contributed by atoms with van der Waals surface area (Å²) in [6.45, 7) is 7.84. The fourth-order valence-electron chi connectivity index (χ4n) is 2.54. The van der Waals surface area contributed by atoms with Crippen LogP contribution in [-0.2, 0) is 4.74 Å². The summed E-state index contributed by atoms with van der Waals surface area (Å²) in [6, 6.07) is 0.483. The van der Waals surface area contributed by atoms with Gasteiger partial charge in [0.1, 0.15) is 0 Å². The van der Waals surface area contributed by atoms with Crippen molar-refractivity contribution in [1.82, 2.24) is 9.78 Å². The highest BCUT2D eigenvalue weighted by Gasteiger charge is 2.22. The maximum atomic E-state index is 6.19. The summed E-state index contributed by atoms with van der Waals surface area (Å²) in [4.78, 5) is 0. The first-order valence-corrected chi connectivity index (χ1v) is 6.32. The first-order valence-electron chi connectivity index (χ1n) is 5.88. The third kappa shape index (κ3) is 2.11. The number of alkyl halides is 1. The number of aromatic nitrogens is 2. The monoisotopic (exact) mass is 242 g/mol. The predicted octanol–water partition coefficient (Wildman–Crippen LogP) is 3.15. The van der Waals surface area contributed by atoms with Crippen LogP contribution in [0.2, 0.25) is 0 Å². The van der Waals surface area contributed by atoms with Crippen molar-refractivity contribution in [2.24, 2.45) is 0 Å². The van der Waals surface area contributed by atoms with Gasteiger partial charge in [-0.25, -0.2) is 0 Å². The van der Waals surface area contributed by atoms with Crippen LogP contribution < -0.4 is 0 Å². The zero-order chi connectivity index (χ0) is 11.7. The second-order valence-electron chi connectivity index (χ2n) is 4.49. The highest BCUT2D eigenvalue weighted by molar-refractivity contribution is 6.20. The largest absolute Gasteiger partial charge is 0.381 e. The van der Waals surface area contributed by atoms with Gasteiger partial charge in [-0.2, -0.15) is 5.10 Å². The first-order chi connectivity index (χ1) is 7.61. The van der Waals surface area contributed by atoms with Crippen molar-refractivity contribution in [2.45, 2.75) is 45.0 Å². The van der Waals surface area contributed by atoms with Crippen molar-refractivity contribution in [3.05, 3.63) is 17.0 Å². The molecule has 0 bridgehead atoms. The molecule has 1 unspecified atom stereocenters. The van der Waals surface area contributed by atoms with Crippen LogP contribution in [0.4, 0.5) is 0 Å². The van der Waals surface area contributed by atoms with Gasteiger partial charge in [-0.1, -0.05) is 0 Å². The lowest BCUT2D eigenvalue weighted by Gasteiger charge is -2.23. The van der Waals surface area contributed by atoms with Crippen LogP contribution in [0, 0.1) is 13.8 Å². The van der Waals surface area contributed by atoms with E-state index in [2.05, 4.69) is 16.7 Å². The summed E-state index contributed by atoms with van der Waals surface area (Å²) >= 11 is 6.19. The van der Waals surface area contributed by atoms with E-state index in [1.165, 1.54) is 11.3 Å². The Kier molecular flexibility index (Phi) is 3.55. The van der Waals surface area contributed by atoms with Crippen LogP contribution >= 0.6 is 11.6 Å². The summed E-state index contributed by atoms with van der Waals surface area (Å²) in [5.74, 6) is 0. The van der Waals surface area contributed by atoms with E-state index in [1.54, 1.807) is 0 Å². The van der Waals surface area contributed by atoms with Gasteiger partial charge in [0.25, 0.3) is 0 Å². The summed E-state index contributed by atoms with van der Waals surface area (Å²) in [7, 11) is 0. The van der Waals surface area contributed by atoms with Gasteiger partial charge in [0.05, 0.1) is 17.1 Å². The SMILES string of the molecule is Cc1nn(C2CCOCC2)c(C)c1C(C)Cl. The molecule has 0 spiro atoms. The minimum Gasteiger partial charge on any atom is -0.381 e. The maximum Gasteiger partial charge on any atom is 0.0643 e. The molecular weight excluding hydrogens is 224 g/mol. The van der Waals surface area contributed by atoms with Crippen molar-refractivity contribution in [1.29, 1.82) is 0 Å². The molecule has 1 atom stereocenters. The molecule has 16 heavy (non-hydrogen) atoms. The molecule has 2 heterocycles. The first kappa shape index (κ1) is 11.9. The predicted molar refractivity (Wildman–Crippen MR) is 65.1 cm³/mol. The van der Waals surface area contributed by atoms with Gasteiger partial charge in [0, 0.05) is 24.5 Å². The van der Waals surface area contributed by atoms with Crippen molar-refractivity contribution in [3.8, 4) is 0 Å². The zero-order valence-corrected chi connectivity index (χ0v) is 10.9. The van der Waals surface area contributed by atoms with E-state index in [4.69, 9.17) is 16.3 Å². The highest BCUT2D eigenvalue weighted by atomic mass is 35.5. The molecule has 3 nitrogen and oxygen atoms in total. The quantitative estimate of drug-likeness (QED) is 0.745. The van der Waals surface area contributed by atoms with Gasteiger partial charge in [-0.05, 0) is 33.6 Å². The lowest BCUT2D eigenvalue weighted by Crippen LogP contribution is -2.21. The van der Waals surface area contributed by atoms with E-state index in [1.807, 2.05) is 13.8 Å². The van der Waals surface area contributed by atoms with E-state index in [9.17, 15) is 0 Å². The molecule has 1 aliphatic rings. The third-order valence-electron chi connectivity index (χ3n) is 3.32. The molecule has 0 amide bonds. The Labute approximate surface area is 102 Å². The molecule has 1 aliphatic heterocycles. The molecule has 0 N–H and O–H groups in total. The zero-order valence-electron chi connectivity index (χ0n) is 10.2. The van der Waals surface area contributed by atoms with Gasteiger partial charge in [0.2, 0.25) is 0 Å². The van der Waals surface area contributed by atoms with Crippen LogP contribution in [0.1, 0.15) is 48.1 Å². The number of rotatable bonds is 2. The number of hydrogen-bond acceptors (Lipinski definition) is 2. The van der Waals surface area contributed by atoms with E-state index in [0.717, 1.165) is 31.7 Å². The molecule has 0 aromatic carbocycles. The van der Waals surface area contributed by atoms with E-state index >= 15 is 0 Å². The molecular formula is C12H19ClN2O. The second-order valence-corrected chi connectivity index (χ2v) is 5.14. The Morgan fingerprint density at radius 1 is 1.38 bits per heavy atom. The van der Waals surface area contributed by atoms with Gasteiger partial charge < -0.3 is 4.74 Å². The second kappa shape index (κ2) is 4.76. The molecule has 1 aromatic rings. The topological polar surface area (TPSA) is 27.1 Å². The molecule has 1 fully saturated rings. The molecule has 2 rings (SSSR count). The van der Waals surface area contributed by atoms with Crippen molar-refractivity contribution >= 4 is 11.6 Å². The number of nitrogens with zero attached hydrogens (tertiary/aromatic N) is 2. The number of aryl methyl sites for hydroxylation is 1. The molecule has 1 saturated heterocycles.